The Balaban J connectivity index is 1.83. The third-order valence-corrected chi connectivity index (χ3v) is 3.84. The van der Waals surface area contributed by atoms with Crippen LogP contribution in [0.1, 0.15) is 25.3 Å². The third kappa shape index (κ3) is 5.19. The number of likely N-dealkylation sites (tertiary alicyclic amines) is 1. The fourth-order valence-electron chi connectivity index (χ4n) is 2.59. The van der Waals surface area contributed by atoms with Gasteiger partial charge < -0.3 is 9.64 Å². The molecule has 7 heteroatoms. The lowest BCUT2D eigenvalue weighted by Crippen LogP contribution is -2.41. The van der Waals surface area contributed by atoms with Crippen LogP contribution in [0.2, 0.25) is 0 Å². The topological polar surface area (TPSA) is 89.8 Å². The molecule has 7 nitrogen and oxygen atoms in total. The van der Waals surface area contributed by atoms with Gasteiger partial charge in [-0.05, 0) is 30.4 Å². The highest BCUT2D eigenvalue weighted by molar-refractivity contribution is 5.89. The Hall–Kier alpha value is -2.70. The Bertz CT molecular complexity index is 656. The highest BCUT2D eigenvalue weighted by atomic mass is 16.6. The zero-order valence-electron chi connectivity index (χ0n) is 13.5. The van der Waals surface area contributed by atoms with E-state index in [-0.39, 0.29) is 18.2 Å². The van der Waals surface area contributed by atoms with Crippen molar-refractivity contribution < 1.29 is 19.2 Å². The summed E-state index contributed by atoms with van der Waals surface area (Å²) in [7, 11) is 0. The van der Waals surface area contributed by atoms with Crippen molar-refractivity contribution in [3.63, 3.8) is 0 Å². The van der Waals surface area contributed by atoms with Crippen molar-refractivity contribution in [1.82, 2.24) is 4.90 Å². The molecule has 1 heterocycles. The van der Waals surface area contributed by atoms with Crippen molar-refractivity contribution in [2.45, 2.75) is 19.8 Å². The lowest BCUT2D eigenvalue weighted by Gasteiger charge is -2.30. The van der Waals surface area contributed by atoms with E-state index in [4.69, 9.17) is 4.74 Å². The lowest BCUT2D eigenvalue weighted by molar-refractivity contribution is -0.384. The number of amides is 1. The van der Waals surface area contributed by atoms with Crippen LogP contribution in [0.4, 0.5) is 5.69 Å². The molecule has 1 aromatic carbocycles. The van der Waals surface area contributed by atoms with Gasteiger partial charge in [0.1, 0.15) is 0 Å². The predicted molar refractivity (Wildman–Crippen MR) is 88.1 cm³/mol. The van der Waals surface area contributed by atoms with Gasteiger partial charge in [-0.15, -0.1) is 0 Å². The summed E-state index contributed by atoms with van der Waals surface area (Å²) in [4.78, 5) is 35.6. The minimum atomic E-state index is -0.653. The lowest BCUT2D eigenvalue weighted by atomic mass is 10.0. The summed E-state index contributed by atoms with van der Waals surface area (Å²) in [5.74, 6) is -0.384. The average molecular weight is 332 g/mol. The minimum Gasteiger partial charge on any atom is -0.452 e. The summed E-state index contributed by atoms with van der Waals surface area (Å²) < 4.78 is 4.94. The molecule has 0 radical (unpaired) electrons. The molecule has 1 saturated heterocycles. The number of nitro groups is 1. The summed E-state index contributed by atoms with van der Waals surface area (Å²) in [6.45, 7) is 3.20. The molecular formula is C17H20N2O5. The molecule has 0 saturated carbocycles. The molecule has 0 unspecified atom stereocenters. The molecule has 0 aromatic heterocycles. The zero-order valence-corrected chi connectivity index (χ0v) is 13.5. The van der Waals surface area contributed by atoms with E-state index in [0.717, 1.165) is 18.9 Å². The van der Waals surface area contributed by atoms with E-state index in [1.54, 1.807) is 11.0 Å². The number of non-ortho nitro benzene ring substituents is 1. The van der Waals surface area contributed by atoms with Crippen molar-refractivity contribution in [3.8, 4) is 0 Å². The van der Waals surface area contributed by atoms with Gasteiger partial charge in [-0.2, -0.15) is 0 Å². The molecule has 0 N–H and O–H groups in total. The van der Waals surface area contributed by atoms with Gasteiger partial charge in [-0.25, -0.2) is 4.79 Å². The maximum atomic E-state index is 12.0. The highest BCUT2D eigenvalue weighted by Gasteiger charge is 2.21. The number of carbonyl (C=O) groups excluding carboxylic acids is 2. The fraction of sp³-hybridized carbons (Fsp3) is 0.412. The van der Waals surface area contributed by atoms with Gasteiger partial charge in [0, 0.05) is 31.3 Å². The number of nitro benzene ring substituents is 1. The number of esters is 1. The van der Waals surface area contributed by atoms with Gasteiger partial charge in [-0.1, -0.05) is 19.1 Å². The van der Waals surface area contributed by atoms with Gasteiger partial charge in [0.2, 0.25) is 0 Å². The first-order valence-corrected chi connectivity index (χ1v) is 7.83. The van der Waals surface area contributed by atoms with Crippen LogP contribution in [0.25, 0.3) is 6.08 Å². The Morgan fingerprint density at radius 1 is 1.46 bits per heavy atom. The second-order valence-corrected chi connectivity index (χ2v) is 5.88. The second kappa shape index (κ2) is 8.24. The Labute approximate surface area is 140 Å². The first kappa shape index (κ1) is 17.7. The van der Waals surface area contributed by atoms with E-state index in [1.165, 1.54) is 24.3 Å². The summed E-state index contributed by atoms with van der Waals surface area (Å²) in [6.07, 6.45) is 4.65. The summed E-state index contributed by atoms with van der Waals surface area (Å²) in [5.41, 5.74) is 0.456. The van der Waals surface area contributed by atoms with E-state index < -0.39 is 10.9 Å². The predicted octanol–water partition coefficient (Wildman–Crippen LogP) is 2.41. The molecule has 24 heavy (non-hydrogen) atoms. The van der Waals surface area contributed by atoms with Crippen molar-refractivity contribution >= 4 is 23.6 Å². The SMILES string of the molecule is C[C@@H]1CCCN(C(=O)COC(=O)/C=C/c2cccc([N+](=O)[O-])c2)C1. The largest absolute Gasteiger partial charge is 0.452 e. The smallest absolute Gasteiger partial charge is 0.331 e. The van der Waals surface area contributed by atoms with Crippen LogP contribution in [0.15, 0.2) is 30.3 Å². The number of nitrogens with zero attached hydrogens (tertiary/aromatic N) is 2. The first-order valence-electron chi connectivity index (χ1n) is 7.83. The fourth-order valence-corrected chi connectivity index (χ4v) is 2.59. The van der Waals surface area contributed by atoms with Gasteiger partial charge in [-0.3, -0.25) is 14.9 Å². The summed E-state index contributed by atoms with van der Waals surface area (Å²) >= 11 is 0. The average Bonchev–Trinajstić information content (AvgIpc) is 2.58. The van der Waals surface area contributed by atoms with Crippen LogP contribution >= 0.6 is 0 Å². The van der Waals surface area contributed by atoms with E-state index in [1.807, 2.05) is 0 Å². The molecule has 128 valence electrons. The quantitative estimate of drug-likeness (QED) is 0.357. The first-order chi connectivity index (χ1) is 11.5. The van der Waals surface area contributed by atoms with Crippen LogP contribution in [-0.2, 0) is 14.3 Å². The normalized spacial score (nSPS) is 17.7. The molecule has 1 atom stereocenters. The van der Waals surface area contributed by atoms with Gasteiger partial charge in [0.05, 0.1) is 4.92 Å². The van der Waals surface area contributed by atoms with Crippen molar-refractivity contribution in [2.75, 3.05) is 19.7 Å². The molecule has 2 rings (SSSR count). The monoisotopic (exact) mass is 332 g/mol. The van der Waals surface area contributed by atoms with Crippen LogP contribution in [0.3, 0.4) is 0 Å². The Morgan fingerprint density at radius 2 is 2.25 bits per heavy atom. The maximum Gasteiger partial charge on any atom is 0.331 e. The van der Waals surface area contributed by atoms with E-state index >= 15 is 0 Å². The van der Waals surface area contributed by atoms with Gasteiger partial charge in [0.25, 0.3) is 11.6 Å². The van der Waals surface area contributed by atoms with Gasteiger partial charge in [0.15, 0.2) is 6.61 Å². The number of rotatable bonds is 5. The molecule has 1 aliphatic rings. The van der Waals surface area contributed by atoms with Crippen molar-refractivity contribution in [2.24, 2.45) is 5.92 Å². The highest BCUT2D eigenvalue weighted by Crippen LogP contribution is 2.16. The number of piperidine rings is 1. The number of benzene rings is 1. The number of hydrogen-bond acceptors (Lipinski definition) is 5. The molecule has 1 fully saturated rings. The summed E-state index contributed by atoms with van der Waals surface area (Å²) in [5, 5.41) is 10.7. The van der Waals surface area contributed by atoms with Crippen LogP contribution in [0, 0.1) is 16.0 Å². The van der Waals surface area contributed by atoms with E-state index in [2.05, 4.69) is 6.92 Å². The maximum absolute atomic E-state index is 12.0. The molecule has 0 aliphatic carbocycles. The van der Waals surface area contributed by atoms with Crippen LogP contribution in [0.5, 0.6) is 0 Å². The Morgan fingerprint density at radius 3 is 2.96 bits per heavy atom. The minimum absolute atomic E-state index is 0.0556. The Kier molecular flexibility index (Phi) is 6.06. The molecule has 1 aromatic rings. The molecule has 0 spiro atoms. The number of ether oxygens (including phenoxy) is 1. The standard InChI is InChI=1S/C17H20N2O5/c1-13-4-3-9-18(11-13)16(20)12-24-17(21)8-7-14-5-2-6-15(10-14)19(22)23/h2,5-8,10,13H,3-4,9,11-12H2,1H3/b8-7+/t13-/m1/s1. The molecule has 1 aliphatic heterocycles. The van der Waals surface area contributed by atoms with E-state index in [9.17, 15) is 19.7 Å². The molecule has 1 amide bonds. The van der Waals surface area contributed by atoms with Crippen LogP contribution < -0.4 is 0 Å². The molecule has 0 bridgehead atoms. The number of carbonyl (C=O) groups is 2. The number of hydrogen-bond donors (Lipinski definition) is 0. The van der Waals surface area contributed by atoms with Crippen molar-refractivity contribution in [1.29, 1.82) is 0 Å². The van der Waals surface area contributed by atoms with Crippen LogP contribution in [-0.4, -0.2) is 41.4 Å². The second-order valence-electron chi connectivity index (χ2n) is 5.88. The van der Waals surface area contributed by atoms with Crippen molar-refractivity contribution in [3.05, 3.63) is 46.0 Å². The third-order valence-electron chi connectivity index (χ3n) is 3.84. The van der Waals surface area contributed by atoms with Gasteiger partial charge >= 0.3 is 5.97 Å². The van der Waals surface area contributed by atoms with E-state index in [0.29, 0.717) is 24.6 Å². The zero-order chi connectivity index (χ0) is 17.5. The molecular weight excluding hydrogens is 312 g/mol. The summed E-state index contributed by atoms with van der Waals surface area (Å²) in [6, 6.07) is 5.89.